The van der Waals surface area contributed by atoms with Crippen LogP contribution in [0.1, 0.15) is 32.1 Å². The predicted molar refractivity (Wildman–Crippen MR) is 82.6 cm³/mol. The molecule has 0 saturated heterocycles. The zero-order valence-corrected chi connectivity index (χ0v) is 12.3. The van der Waals surface area contributed by atoms with Crippen LogP contribution in [-0.4, -0.2) is 31.6 Å². The minimum atomic E-state index is -0.157. The lowest BCUT2D eigenvalue weighted by Crippen LogP contribution is -2.52. The number of anilines is 2. The zero-order valence-electron chi connectivity index (χ0n) is 12.3. The van der Waals surface area contributed by atoms with Gasteiger partial charge in [-0.05, 0) is 25.0 Å². The van der Waals surface area contributed by atoms with Crippen LogP contribution in [0.5, 0.6) is 0 Å². The van der Waals surface area contributed by atoms with Crippen molar-refractivity contribution in [2.75, 3.05) is 23.4 Å². The van der Waals surface area contributed by atoms with E-state index in [-0.39, 0.29) is 24.5 Å². The van der Waals surface area contributed by atoms with Crippen molar-refractivity contribution < 1.29 is 9.59 Å². The number of likely N-dealkylation sites (N-methyl/N-ethyl adjacent to an activating group) is 1. The second kappa shape index (κ2) is 5.76. The Morgan fingerprint density at radius 2 is 1.81 bits per heavy atom. The van der Waals surface area contributed by atoms with E-state index in [9.17, 15) is 9.59 Å². The molecule has 1 N–H and O–H groups in total. The lowest BCUT2D eigenvalue weighted by molar-refractivity contribution is -0.117. The fourth-order valence-corrected chi connectivity index (χ4v) is 3.12. The number of hydrogen-bond acceptors (Lipinski definition) is 2. The standard InChI is InChI=1S/C16H21N3O2/c1-18-13-9-5-6-10-14(13)19(11-15(18)20)16(21)17-12-7-3-2-4-8-12/h5-6,9-10,12H,2-4,7-8,11H2,1H3,(H,17,21). The largest absolute Gasteiger partial charge is 0.335 e. The Balaban J connectivity index is 1.79. The number of rotatable bonds is 1. The summed E-state index contributed by atoms with van der Waals surface area (Å²) in [5.74, 6) is -0.0625. The summed E-state index contributed by atoms with van der Waals surface area (Å²) in [4.78, 5) is 27.8. The van der Waals surface area contributed by atoms with Crippen molar-refractivity contribution in [3.05, 3.63) is 24.3 Å². The molecule has 112 valence electrons. The maximum Gasteiger partial charge on any atom is 0.322 e. The van der Waals surface area contributed by atoms with Crippen LogP contribution in [0.2, 0.25) is 0 Å². The molecule has 0 atom stereocenters. The molecule has 1 aliphatic carbocycles. The number of benzene rings is 1. The molecule has 1 aromatic rings. The Kier molecular flexibility index (Phi) is 3.82. The Bertz CT molecular complexity index is 552. The average Bonchev–Trinajstić information content (AvgIpc) is 2.52. The molecule has 2 aliphatic rings. The molecule has 1 saturated carbocycles. The van der Waals surface area contributed by atoms with Crippen LogP contribution in [0.3, 0.4) is 0 Å². The summed E-state index contributed by atoms with van der Waals surface area (Å²) in [7, 11) is 1.75. The van der Waals surface area contributed by atoms with Gasteiger partial charge in [-0.2, -0.15) is 0 Å². The van der Waals surface area contributed by atoms with Gasteiger partial charge in [-0.25, -0.2) is 4.79 Å². The number of para-hydroxylation sites is 2. The third kappa shape index (κ3) is 2.73. The molecular weight excluding hydrogens is 266 g/mol. The summed E-state index contributed by atoms with van der Waals surface area (Å²) in [6, 6.07) is 7.62. The molecular formula is C16H21N3O2. The summed E-state index contributed by atoms with van der Waals surface area (Å²) in [5, 5.41) is 3.08. The summed E-state index contributed by atoms with van der Waals surface area (Å²) < 4.78 is 0. The highest BCUT2D eigenvalue weighted by molar-refractivity contribution is 6.10. The second-order valence-electron chi connectivity index (χ2n) is 5.81. The highest BCUT2D eigenvalue weighted by Gasteiger charge is 2.31. The molecule has 3 amide bonds. The van der Waals surface area contributed by atoms with Gasteiger partial charge in [0, 0.05) is 13.1 Å². The molecule has 0 aromatic heterocycles. The molecule has 1 heterocycles. The SMILES string of the molecule is CN1C(=O)CN(C(=O)NC2CCCCC2)c2ccccc21. The minimum Gasteiger partial charge on any atom is -0.335 e. The van der Waals surface area contributed by atoms with Crippen molar-refractivity contribution in [1.82, 2.24) is 5.32 Å². The monoisotopic (exact) mass is 287 g/mol. The van der Waals surface area contributed by atoms with E-state index in [1.807, 2.05) is 24.3 Å². The van der Waals surface area contributed by atoms with E-state index in [0.717, 1.165) is 24.2 Å². The third-order valence-corrected chi connectivity index (χ3v) is 4.38. The van der Waals surface area contributed by atoms with Gasteiger partial charge in [-0.3, -0.25) is 9.69 Å². The first-order chi connectivity index (χ1) is 10.2. The molecule has 0 spiro atoms. The molecule has 3 rings (SSSR count). The Labute approximate surface area is 124 Å². The molecule has 5 nitrogen and oxygen atoms in total. The van der Waals surface area contributed by atoms with Gasteiger partial charge in [0.15, 0.2) is 0 Å². The molecule has 0 radical (unpaired) electrons. The van der Waals surface area contributed by atoms with Gasteiger partial charge in [0.2, 0.25) is 5.91 Å². The average molecular weight is 287 g/mol. The van der Waals surface area contributed by atoms with Crippen LogP contribution in [0.15, 0.2) is 24.3 Å². The number of amides is 3. The third-order valence-electron chi connectivity index (χ3n) is 4.38. The van der Waals surface area contributed by atoms with E-state index in [0.29, 0.717) is 0 Å². The van der Waals surface area contributed by atoms with E-state index in [1.54, 1.807) is 16.8 Å². The molecule has 5 heteroatoms. The summed E-state index contributed by atoms with van der Waals surface area (Å²) >= 11 is 0. The first kappa shape index (κ1) is 13.9. The van der Waals surface area contributed by atoms with Crippen molar-refractivity contribution in [2.24, 2.45) is 0 Å². The quantitative estimate of drug-likeness (QED) is 0.863. The highest BCUT2D eigenvalue weighted by atomic mass is 16.2. The Hall–Kier alpha value is -2.04. The zero-order chi connectivity index (χ0) is 14.8. The van der Waals surface area contributed by atoms with Crippen molar-refractivity contribution in [3.8, 4) is 0 Å². The predicted octanol–water partition coefficient (Wildman–Crippen LogP) is 2.51. The van der Waals surface area contributed by atoms with E-state index in [4.69, 9.17) is 0 Å². The van der Waals surface area contributed by atoms with Crippen molar-refractivity contribution >= 4 is 23.3 Å². The normalized spacial score (nSPS) is 19.4. The lowest BCUT2D eigenvalue weighted by Gasteiger charge is -2.35. The number of hydrogen-bond donors (Lipinski definition) is 1. The molecule has 21 heavy (non-hydrogen) atoms. The van der Waals surface area contributed by atoms with Gasteiger partial charge in [-0.1, -0.05) is 31.4 Å². The molecule has 1 aromatic carbocycles. The minimum absolute atomic E-state index is 0.0625. The Morgan fingerprint density at radius 1 is 1.14 bits per heavy atom. The summed E-state index contributed by atoms with van der Waals surface area (Å²) in [6.07, 6.45) is 5.67. The van der Waals surface area contributed by atoms with Gasteiger partial charge in [0.1, 0.15) is 6.54 Å². The van der Waals surface area contributed by atoms with Gasteiger partial charge < -0.3 is 10.2 Å². The van der Waals surface area contributed by atoms with Crippen LogP contribution in [0.25, 0.3) is 0 Å². The maximum absolute atomic E-state index is 12.5. The first-order valence-corrected chi connectivity index (χ1v) is 7.60. The second-order valence-corrected chi connectivity index (χ2v) is 5.81. The molecule has 1 aliphatic heterocycles. The molecule has 1 fully saturated rings. The van der Waals surface area contributed by atoms with Gasteiger partial charge >= 0.3 is 6.03 Å². The fourth-order valence-electron chi connectivity index (χ4n) is 3.12. The van der Waals surface area contributed by atoms with Crippen LogP contribution in [0.4, 0.5) is 16.2 Å². The lowest BCUT2D eigenvalue weighted by atomic mass is 9.96. The van der Waals surface area contributed by atoms with Crippen LogP contribution < -0.4 is 15.1 Å². The highest BCUT2D eigenvalue weighted by Crippen LogP contribution is 2.32. The Morgan fingerprint density at radius 3 is 2.52 bits per heavy atom. The number of carbonyl (C=O) groups excluding carboxylic acids is 2. The number of nitrogens with zero attached hydrogens (tertiary/aromatic N) is 2. The van der Waals surface area contributed by atoms with Crippen LogP contribution >= 0.6 is 0 Å². The van der Waals surface area contributed by atoms with Crippen molar-refractivity contribution in [2.45, 2.75) is 38.1 Å². The fraction of sp³-hybridized carbons (Fsp3) is 0.500. The van der Waals surface area contributed by atoms with Crippen molar-refractivity contribution in [3.63, 3.8) is 0 Å². The van der Waals surface area contributed by atoms with Crippen LogP contribution in [0, 0.1) is 0 Å². The van der Waals surface area contributed by atoms with E-state index in [2.05, 4.69) is 5.32 Å². The number of nitrogens with one attached hydrogen (secondary N) is 1. The van der Waals surface area contributed by atoms with Gasteiger partial charge in [0.05, 0.1) is 11.4 Å². The first-order valence-electron chi connectivity index (χ1n) is 7.60. The van der Waals surface area contributed by atoms with Gasteiger partial charge in [-0.15, -0.1) is 0 Å². The van der Waals surface area contributed by atoms with E-state index >= 15 is 0 Å². The summed E-state index contributed by atoms with van der Waals surface area (Å²) in [6.45, 7) is 0.103. The van der Waals surface area contributed by atoms with Gasteiger partial charge in [0.25, 0.3) is 0 Å². The van der Waals surface area contributed by atoms with E-state index in [1.165, 1.54) is 19.3 Å². The van der Waals surface area contributed by atoms with Crippen molar-refractivity contribution in [1.29, 1.82) is 0 Å². The molecule has 0 bridgehead atoms. The van der Waals surface area contributed by atoms with Crippen LogP contribution in [-0.2, 0) is 4.79 Å². The maximum atomic E-state index is 12.5. The number of carbonyl (C=O) groups is 2. The molecule has 0 unspecified atom stereocenters. The smallest absolute Gasteiger partial charge is 0.322 e. The van der Waals surface area contributed by atoms with E-state index < -0.39 is 0 Å². The number of fused-ring (bicyclic) bond motifs is 1. The number of urea groups is 1. The summed E-state index contributed by atoms with van der Waals surface area (Å²) in [5.41, 5.74) is 1.58. The topological polar surface area (TPSA) is 52.7 Å².